The molecule has 3 N–H and O–H groups in total. The number of hydrogen-bond acceptors (Lipinski definition) is 4. The number of hydrogen-bond donors (Lipinski definition) is 3. The number of amides is 2. The monoisotopic (exact) mass is 404 g/mol. The van der Waals surface area contributed by atoms with E-state index in [-0.39, 0.29) is 18.3 Å². The molecule has 8 heteroatoms. The Morgan fingerprint density at radius 2 is 1.96 bits per heavy atom. The number of carbonyl (C=O) groups excluding carboxylic acids is 2. The Bertz CT molecular complexity index is 897. The highest BCUT2D eigenvalue weighted by atomic mass is 35.5. The van der Waals surface area contributed by atoms with Crippen LogP contribution in [0.5, 0.6) is 0 Å². The Hall–Kier alpha value is -2.57. The van der Waals surface area contributed by atoms with Gasteiger partial charge in [0.25, 0.3) is 0 Å². The fourth-order valence-electron chi connectivity index (χ4n) is 2.57. The Labute approximate surface area is 167 Å². The van der Waals surface area contributed by atoms with Crippen LogP contribution in [0.2, 0.25) is 10.0 Å². The maximum atomic E-state index is 12.5. The quantitative estimate of drug-likeness (QED) is 0.723. The van der Waals surface area contributed by atoms with E-state index in [2.05, 4.69) is 27.9 Å². The number of benzene rings is 2. The predicted molar refractivity (Wildman–Crippen MR) is 109 cm³/mol. The maximum absolute atomic E-state index is 12.5. The van der Waals surface area contributed by atoms with Crippen LogP contribution in [0.25, 0.3) is 0 Å². The van der Waals surface area contributed by atoms with Crippen molar-refractivity contribution in [1.29, 1.82) is 0 Å². The van der Waals surface area contributed by atoms with E-state index in [4.69, 9.17) is 23.2 Å². The topological polar surface area (TPSA) is 82.6 Å². The van der Waals surface area contributed by atoms with Crippen molar-refractivity contribution in [2.75, 3.05) is 10.6 Å². The number of halogens is 2. The first kappa shape index (κ1) is 19.2. The summed E-state index contributed by atoms with van der Waals surface area (Å²) in [5.74, 6) is -0.479. The van der Waals surface area contributed by atoms with Gasteiger partial charge in [-0.15, -0.1) is 0 Å². The van der Waals surface area contributed by atoms with Crippen molar-refractivity contribution in [3.8, 4) is 0 Å². The number of rotatable bonds is 4. The smallest absolute Gasteiger partial charge is 0.249 e. The first-order valence-electron chi connectivity index (χ1n) is 8.44. The lowest BCUT2D eigenvalue weighted by Crippen LogP contribution is -2.45. The fraction of sp³-hybridized carbons (Fsp3) is 0.211. The molecule has 27 heavy (non-hydrogen) atoms. The maximum Gasteiger partial charge on any atom is 0.249 e. The molecule has 2 amide bonds. The molecule has 140 valence electrons. The summed E-state index contributed by atoms with van der Waals surface area (Å²) in [5.41, 5.74) is 2.39. The van der Waals surface area contributed by atoms with Gasteiger partial charge in [-0.3, -0.25) is 14.9 Å². The van der Waals surface area contributed by atoms with Gasteiger partial charge in [0, 0.05) is 10.7 Å². The molecule has 2 aromatic rings. The molecule has 3 rings (SSSR count). The average molecular weight is 405 g/mol. The lowest BCUT2D eigenvalue weighted by Gasteiger charge is -2.21. The first-order chi connectivity index (χ1) is 12.9. The summed E-state index contributed by atoms with van der Waals surface area (Å²) >= 11 is 11.9. The Morgan fingerprint density at radius 1 is 1.22 bits per heavy atom. The third-order valence-electron chi connectivity index (χ3n) is 4.04. The molecule has 0 spiro atoms. The highest BCUT2D eigenvalue weighted by molar-refractivity contribution is 6.36. The minimum Gasteiger partial charge on any atom is -0.326 e. The van der Waals surface area contributed by atoms with Crippen molar-refractivity contribution in [3.63, 3.8) is 0 Å². The molecule has 0 fully saturated rings. The summed E-state index contributed by atoms with van der Waals surface area (Å²) in [6, 6.07) is 11.7. The van der Waals surface area contributed by atoms with Gasteiger partial charge in [0.1, 0.15) is 6.04 Å². The normalized spacial score (nSPS) is 16.3. The number of nitrogens with one attached hydrogen (secondary N) is 3. The minimum atomic E-state index is -0.858. The SMILES string of the molecule is CCc1ccc(NC2=N[C@@H](C(=O)Nc3ccc(Cl)cc3Cl)CC(=O)N2)cc1. The van der Waals surface area contributed by atoms with E-state index in [0.29, 0.717) is 15.7 Å². The lowest BCUT2D eigenvalue weighted by atomic mass is 10.1. The summed E-state index contributed by atoms with van der Waals surface area (Å²) in [6.07, 6.45) is 0.893. The molecule has 0 radical (unpaired) electrons. The van der Waals surface area contributed by atoms with Crippen molar-refractivity contribution < 1.29 is 9.59 Å². The van der Waals surface area contributed by atoms with Gasteiger partial charge < -0.3 is 10.6 Å². The second kappa shape index (κ2) is 8.41. The van der Waals surface area contributed by atoms with Gasteiger partial charge in [-0.05, 0) is 42.3 Å². The van der Waals surface area contributed by atoms with Gasteiger partial charge in [0.05, 0.1) is 17.1 Å². The van der Waals surface area contributed by atoms with Crippen LogP contribution < -0.4 is 16.0 Å². The van der Waals surface area contributed by atoms with Crippen LogP contribution in [-0.4, -0.2) is 23.8 Å². The summed E-state index contributed by atoms with van der Waals surface area (Å²) < 4.78 is 0. The molecule has 1 heterocycles. The molecule has 0 aromatic heterocycles. The first-order valence-corrected chi connectivity index (χ1v) is 9.19. The molecule has 2 aromatic carbocycles. The molecular weight excluding hydrogens is 387 g/mol. The van der Waals surface area contributed by atoms with E-state index in [1.807, 2.05) is 24.3 Å². The molecule has 0 aliphatic carbocycles. The third kappa shape index (κ3) is 4.99. The third-order valence-corrected chi connectivity index (χ3v) is 4.59. The van der Waals surface area contributed by atoms with Crippen LogP contribution in [0.3, 0.4) is 0 Å². The molecule has 1 aliphatic heterocycles. The van der Waals surface area contributed by atoms with E-state index < -0.39 is 11.9 Å². The van der Waals surface area contributed by atoms with E-state index in [9.17, 15) is 9.59 Å². The summed E-state index contributed by atoms with van der Waals surface area (Å²) in [4.78, 5) is 28.8. The summed E-state index contributed by atoms with van der Waals surface area (Å²) in [7, 11) is 0. The standard InChI is InChI=1S/C19H18Cl2N4O2/c1-2-11-3-6-13(7-4-11)22-19-24-16(10-17(26)25-19)18(27)23-15-8-5-12(20)9-14(15)21/h3-9,16H,2,10H2,1H3,(H,23,27)(H2,22,24,25,26)/t16-/m1/s1. The van der Waals surface area contributed by atoms with Crippen molar-refractivity contribution in [3.05, 3.63) is 58.1 Å². The van der Waals surface area contributed by atoms with Gasteiger partial charge in [-0.25, -0.2) is 4.99 Å². The van der Waals surface area contributed by atoms with E-state index in [1.54, 1.807) is 12.1 Å². The molecule has 1 atom stereocenters. The van der Waals surface area contributed by atoms with Crippen molar-refractivity contribution in [2.24, 2.45) is 4.99 Å². The Kier molecular flexibility index (Phi) is 5.98. The zero-order valence-electron chi connectivity index (χ0n) is 14.6. The van der Waals surface area contributed by atoms with Crippen LogP contribution in [0.4, 0.5) is 11.4 Å². The largest absolute Gasteiger partial charge is 0.326 e. The Morgan fingerprint density at radius 3 is 2.63 bits per heavy atom. The summed E-state index contributed by atoms with van der Waals surface area (Å²) in [5, 5.41) is 9.13. The number of aryl methyl sites for hydroxylation is 1. The molecule has 6 nitrogen and oxygen atoms in total. The fourth-order valence-corrected chi connectivity index (χ4v) is 3.03. The average Bonchev–Trinajstić information content (AvgIpc) is 2.64. The van der Waals surface area contributed by atoms with Crippen LogP contribution in [-0.2, 0) is 16.0 Å². The second-order valence-corrected chi connectivity index (χ2v) is 6.88. The zero-order chi connectivity index (χ0) is 19.4. The molecule has 1 aliphatic rings. The predicted octanol–water partition coefficient (Wildman–Crippen LogP) is 3.85. The van der Waals surface area contributed by atoms with Crippen molar-refractivity contribution >= 4 is 52.4 Å². The van der Waals surface area contributed by atoms with Gasteiger partial charge in [-0.1, -0.05) is 42.3 Å². The molecule has 0 saturated heterocycles. The van der Waals surface area contributed by atoms with Crippen LogP contribution in [0.1, 0.15) is 18.9 Å². The molecule has 0 unspecified atom stereocenters. The van der Waals surface area contributed by atoms with Gasteiger partial charge in [-0.2, -0.15) is 0 Å². The van der Waals surface area contributed by atoms with E-state index in [0.717, 1.165) is 12.1 Å². The van der Waals surface area contributed by atoms with Crippen LogP contribution in [0, 0.1) is 0 Å². The van der Waals surface area contributed by atoms with E-state index in [1.165, 1.54) is 11.6 Å². The number of anilines is 2. The van der Waals surface area contributed by atoms with Gasteiger partial charge in [0.2, 0.25) is 17.8 Å². The number of carbonyl (C=O) groups is 2. The van der Waals surface area contributed by atoms with E-state index >= 15 is 0 Å². The minimum absolute atomic E-state index is 0.0446. The number of aliphatic imine (C=N–C) groups is 1. The van der Waals surface area contributed by atoms with Gasteiger partial charge in [0.15, 0.2) is 0 Å². The summed E-state index contributed by atoms with van der Waals surface area (Å²) in [6.45, 7) is 2.07. The lowest BCUT2D eigenvalue weighted by molar-refractivity contribution is -0.124. The Balaban J connectivity index is 1.72. The zero-order valence-corrected chi connectivity index (χ0v) is 16.1. The second-order valence-electron chi connectivity index (χ2n) is 6.03. The molecule has 0 bridgehead atoms. The number of guanidine groups is 1. The number of nitrogens with zero attached hydrogens (tertiary/aromatic N) is 1. The van der Waals surface area contributed by atoms with Crippen LogP contribution in [0.15, 0.2) is 47.5 Å². The van der Waals surface area contributed by atoms with Gasteiger partial charge >= 0.3 is 0 Å². The van der Waals surface area contributed by atoms with Crippen molar-refractivity contribution in [2.45, 2.75) is 25.8 Å². The van der Waals surface area contributed by atoms with Crippen LogP contribution >= 0.6 is 23.2 Å². The highest BCUT2D eigenvalue weighted by Crippen LogP contribution is 2.26. The van der Waals surface area contributed by atoms with Crippen molar-refractivity contribution in [1.82, 2.24) is 5.32 Å². The molecular formula is C19H18Cl2N4O2. The highest BCUT2D eigenvalue weighted by Gasteiger charge is 2.27. The molecule has 0 saturated carbocycles.